The molecule has 1 rings (SSSR count). The van der Waals surface area contributed by atoms with E-state index < -0.39 is 5.97 Å². The SMILES string of the molecule is CC(CCC(=O)O)Nc1cccc(Br)c1. The Hall–Kier alpha value is -1.03. The molecule has 0 saturated carbocycles. The van der Waals surface area contributed by atoms with Crippen LogP contribution in [-0.4, -0.2) is 17.1 Å². The molecule has 1 aromatic rings. The third-order valence-corrected chi connectivity index (χ3v) is 2.52. The molecule has 3 nitrogen and oxygen atoms in total. The maximum atomic E-state index is 10.4. The molecule has 0 aliphatic heterocycles. The number of carboxylic acids is 1. The normalized spacial score (nSPS) is 12.1. The molecule has 15 heavy (non-hydrogen) atoms. The Morgan fingerprint density at radius 1 is 1.60 bits per heavy atom. The molecule has 0 aliphatic carbocycles. The smallest absolute Gasteiger partial charge is 0.303 e. The maximum Gasteiger partial charge on any atom is 0.303 e. The largest absolute Gasteiger partial charge is 0.481 e. The average molecular weight is 272 g/mol. The highest BCUT2D eigenvalue weighted by molar-refractivity contribution is 9.10. The van der Waals surface area contributed by atoms with Crippen LogP contribution in [0.15, 0.2) is 28.7 Å². The zero-order valence-electron chi connectivity index (χ0n) is 8.53. The average Bonchev–Trinajstić information content (AvgIpc) is 2.15. The number of aliphatic carboxylic acids is 1. The van der Waals surface area contributed by atoms with E-state index in [1.165, 1.54) is 0 Å². The molecule has 1 unspecified atom stereocenters. The molecule has 4 heteroatoms. The van der Waals surface area contributed by atoms with Gasteiger partial charge in [0.15, 0.2) is 0 Å². The third kappa shape index (κ3) is 4.83. The summed E-state index contributed by atoms with van der Waals surface area (Å²) in [6, 6.07) is 7.98. The Kier molecular flexibility index (Phi) is 4.62. The molecule has 0 fully saturated rings. The first kappa shape index (κ1) is 12.0. The Morgan fingerprint density at radius 2 is 2.33 bits per heavy atom. The number of carboxylic acid groups (broad SMARTS) is 1. The highest BCUT2D eigenvalue weighted by Gasteiger charge is 2.05. The molecule has 82 valence electrons. The molecule has 0 saturated heterocycles. The predicted molar refractivity (Wildman–Crippen MR) is 64.1 cm³/mol. The minimum Gasteiger partial charge on any atom is -0.481 e. The van der Waals surface area contributed by atoms with Crippen molar-refractivity contribution in [2.45, 2.75) is 25.8 Å². The van der Waals surface area contributed by atoms with Crippen molar-refractivity contribution in [3.63, 3.8) is 0 Å². The zero-order valence-corrected chi connectivity index (χ0v) is 10.1. The van der Waals surface area contributed by atoms with Crippen molar-refractivity contribution in [1.82, 2.24) is 0 Å². The lowest BCUT2D eigenvalue weighted by molar-refractivity contribution is -0.137. The monoisotopic (exact) mass is 271 g/mol. The van der Waals surface area contributed by atoms with E-state index in [1.54, 1.807) is 0 Å². The molecule has 1 atom stereocenters. The lowest BCUT2D eigenvalue weighted by atomic mass is 10.1. The van der Waals surface area contributed by atoms with Crippen molar-refractivity contribution in [1.29, 1.82) is 0 Å². The number of nitrogens with one attached hydrogen (secondary N) is 1. The summed E-state index contributed by atoms with van der Waals surface area (Å²) in [5.41, 5.74) is 1.00. The number of rotatable bonds is 5. The lowest BCUT2D eigenvalue weighted by Crippen LogP contribution is -2.16. The van der Waals surface area contributed by atoms with Crippen molar-refractivity contribution in [3.8, 4) is 0 Å². The van der Waals surface area contributed by atoms with Crippen LogP contribution in [0, 0.1) is 0 Å². The molecular formula is C11H14BrNO2. The van der Waals surface area contributed by atoms with Crippen LogP contribution in [0.25, 0.3) is 0 Å². The van der Waals surface area contributed by atoms with Crippen LogP contribution in [-0.2, 0) is 4.79 Å². The number of halogens is 1. The van der Waals surface area contributed by atoms with Crippen LogP contribution >= 0.6 is 15.9 Å². The highest BCUT2D eigenvalue weighted by Crippen LogP contribution is 2.17. The maximum absolute atomic E-state index is 10.4. The number of anilines is 1. The van der Waals surface area contributed by atoms with Crippen molar-refractivity contribution >= 4 is 27.6 Å². The first-order chi connectivity index (χ1) is 7.08. The molecular weight excluding hydrogens is 258 g/mol. The fourth-order valence-electron chi connectivity index (χ4n) is 1.27. The fraction of sp³-hybridized carbons (Fsp3) is 0.364. The second kappa shape index (κ2) is 5.75. The molecule has 0 amide bonds. The van der Waals surface area contributed by atoms with Crippen LogP contribution < -0.4 is 5.32 Å². The Balaban J connectivity index is 2.44. The minimum absolute atomic E-state index is 0.162. The lowest BCUT2D eigenvalue weighted by Gasteiger charge is -2.14. The van der Waals surface area contributed by atoms with E-state index >= 15 is 0 Å². The molecule has 0 aromatic heterocycles. The van der Waals surface area contributed by atoms with Gasteiger partial charge in [-0.15, -0.1) is 0 Å². The van der Waals surface area contributed by atoms with E-state index in [0.29, 0.717) is 6.42 Å². The van der Waals surface area contributed by atoms with Crippen LogP contribution in [0.2, 0.25) is 0 Å². The van der Waals surface area contributed by atoms with Gasteiger partial charge in [-0.1, -0.05) is 22.0 Å². The summed E-state index contributed by atoms with van der Waals surface area (Å²) in [7, 11) is 0. The second-order valence-corrected chi connectivity index (χ2v) is 4.40. The highest BCUT2D eigenvalue weighted by atomic mass is 79.9. The summed E-state index contributed by atoms with van der Waals surface area (Å²) in [6.07, 6.45) is 0.823. The van der Waals surface area contributed by atoms with Crippen molar-refractivity contribution in [2.24, 2.45) is 0 Å². The number of carbonyl (C=O) groups is 1. The Labute approximate surface area is 97.6 Å². The van der Waals surface area contributed by atoms with Gasteiger partial charge in [0.05, 0.1) is 0 Å². The summed E-state index contributed by atoms with van der Waals surface area (Å²) < 4.78 is 1.01. The van der Waals surface area contributed by atoms with Gasteiger partial charge in [-0.05, 0) is 31.5 Å². The quantitative estimate of drug-likeness (QED) is 0.865. The van der Waals surface area contributed by atoms with Crippen LogP contribution in [0.4, 0.5) is 5.69 Å². The summed E-state index contributed by atoms with van der Waals surface area (Å²) in [4.78, 5) is 10.4. The minimum atomic E-state index is -0.752. The number of hydrogen-bond donors (Lipinski definition) is 2. The first-order valence-corrected chi connectivity index (χ1v) is 5.61. The summed E-state index contributed by atoms with van der Waals surface area (Å²) >= 11 is 3.38. The number of hydrogen-bond acceptors (Lipinski definition) is 2. The molecule has 0 heterocycles. The van der Waals surface area contributed by atoms with Crippen molar-refractivity contribution in [3.05, 3.63) is 28.7 Å². The van der Waals surface area contributed by atoms with Crippen molar-refractivity contribution in [2.75, 3.05) is 5.32 Å². The number of benzene rings is 1. The zero-order chi connectivity index (χ0) is 11.3. The Bertz CT molecular complexity index is 341. The van der Waals surface area contributed by atoms with E-state index in [9.17, 15) is 4.79 Å². The van der Waals surface area contributed by atoms with E-state index in [1.807, 2.05) is 31.2 Å². The van der Waals surface area contributed by atoms with Crippen LogP contribution in [0.3, 0.4) is 0 Å². The van der Waals surface area contributed by atoms with E-state index in [0.717, 1.165) is 10.2 Å². The van der Waals surface area contributed by atoms with Gasteiger partial charge in [0.1, 0.15) is 0 Å². The van der Waals surface area contributed by atoms with Gasteiger partial charge in [-0.3, -0.25) is 4.79 Å². The standard InChI is InChI=1S/C11H14BrNO2/c1-8(5-6-11(14)15)13-10-4-2-3-9(12)7-10/h2-4,7-8,13H,5-6H2,1H3,(H,14,15). The van der Waals surface area contributed by atoms with Crippen molar-refractivity contribution < 1.29 is 9.90 Å². The summed E-state index contributed by atoms with van der Waals surface area (Å²) in [5, 5.41) is 11.8. The molecule has 2 N–H and O–H groups in total. The van der Waals surface area contributed by atoms with E-state index in [-0.39, 0.29) is 12.5 Å². The van der Waals surface area contributed by atoms with Gasteiger partial charge in [0, 0.05) is 22.6 Å². The van der Waals surface area contributed by atoms with E-state index in [2.05, 4.69) is 21.2 Å². The fourth-order valence-corrected chi connectivity index (χ4v) is 1.67. The summed E-state index contributed by atoms with van der Waals surface area (Å²) in [5.74, 6) is -0.752. The third-order valence-electron chi connectivity index (χ3n) is 2.03. The first-order valence-electron chi connectivity index (χ1n) is 4.82. The molecule has 0 aliphatic rings. The topological polar surface area (TPSA) is 49.3 Å². The summed E-state index contributed by atoms with van der Waals surface area (Å²) in [6.45, 7) is 1.98. The molecule has 1 aromatic carbocycles. The Morgan fingerprint density at radius 3 is 2.93 bits per heavy atom. The van der Waals surface area contributed by atoms with Crippen LogP contribution in [0.1, 0.15) is 19.8 Å². The molecule has 0 bridgehead atoms. The van der Waals surface area contributed by atoms with Gasteiger partial charge < -0.3 is 10.4 Å². The second-order valence-electron chi connectivity index (χ2n) is 3.49. The molecule has 0 radical (unpaired) electrons. The van der Waals surface area contributed by atoms with Gasteiger partial charge in [-0.25, -0.2) is 0 Å². The van der Waals surface area contributed by atoms with Gasteiger partial charge in [0.25, 0.3) is 0 Å². The predicted octanol–water partition coefficient (Wildman–Crippen LogP) is 3.11. The van der Waals surface area contributed by atoms with Gasteiger partial charge in [0.2, 0.25) is 0 Å². The van der Waals surface area contributed by atoms with E-state index in [4.69, 9.17) is 5.11 Å². The molecule has 0 spiro atoms. The van der Waals surface area contributed by atoms with Gasteiger partial charge >= 0.3 is 5.97 Å². The van der Waals surface area contributed by atoms with Gasteiger partial charge in [-0.2, -0.15) is 0 Å². The van der Waals surface area contributed by atoms with Crippen LogP contribution in [0.5, 0.6) is 0 Å².